The summed E-state index contributed by atoms with van der Waals surface area (Å²) in [6, 6.07) is 10.6. The van der Waals surface area contributed by atoms with Crippen molar-refractivity contribution in [3.8, 4) is 11.5 Å². The van der Waals surface area contributed by atoms with Crippen LogP contribution < -0.4 is 10.9 Å². The van der Waals surface area contributed by atoms with E-state index >= 15 is 0 Å². The summed E-state index contributed by atoms with van der Waals surface area (Å²) >= 11 is 0. The van der Waals surface area contributed by atoms with Crippen molar-refractivity contribution in [1.29, 1.82) is 0 Å². The molecule has 0 aliphatic heterocycles. The topological polar surface area (TPSA) is 72.2 Å². The zero-order chi connectivity index (χ0) is 16.6. The Morgan fingerprint density at radius 3 is 2.65 bits per heavy atom. The van der Waals surface area contributed by atoms with Gasteiger partial charge in [0.15, 0.2) is 0 Å². The van der Waals surface area contributed by atoms with Crippen molar-refractivity contribution in [3.05, 3.63) is 57.9 Å². The first-order chi connectivity index (χ1) is 11.0. The monoisotopic (exact) mass is 308 g/mol. The molecule has 1 amide bonds. The Kier molecular flexibility index (Phi) is 3.70. The summed E-state index contributed by atoms with van der Waals surface area (Å²) in [4.78, 5) is 27.5. The van der Waals surface area contributed by atoms with E-state index in [2.05, 4.69) is 10.3 Å². The van der Waals surface area contributed by atoms with Crippen molar-refractivity contribution in [2.24, 2.45) is 0 Å². The molecule has 0 spiro atoms. The lowest BCUT2D eigenvalue weighted by Crippen LogP contribution is -2.09. The minimum atomic E-state index is -0.332. The smallest absolute Gasteiger partial charge is 0.284 e. The Hall–Kier alpha value is -2.95. The van der Waals surface area contributed by atoms with Gasteiger partial charge in [0.2, 0.25) is 11.8 Å². The van der Waals surface area contributed by atoms with Gasteiger partial charge < -0.3 is 9.73 Å². The van der Waals surface area contributed by atoms with Crippen LogP contribution in [0.1, 0.15) is 18.1 Å². The fraction of sp³-hybridized carbons (Fsp3) is 0.167. The molecule has 0 aliphatic rings. The minimum absolute atomic E-state index is 0.155. The van der Waals surface area contributed by atoms with Crippen LogP contribution in [0, 0.1) is 13.8 Å². The molecule has 3 rings (SSSR count). The SMILES string of the molecule is CC(=O)Nc1cc(-c2nc(=O)c3ccccc3o2)cc(C)c1C. The lowest BCUT2D eigenvalue weighted by atomic mass is 10.0. The molecule has 0 saturated carbocycles. The third-order valence-electron chi connectivity index (χ3n) is 3.75. The maximum absolute atomic E-state index is 12.1. The molecule has 0 unspecified atom stereocenters. The molecule has 0 fully saturated rings. The van der Waals surface area contributed by atoms with E-state index in [1.54, 1.807) is 30.3 Å². The molecular formula is C18H16N2O3. The van der Waals surface area contributed by atoms with Crippen LogP contribution in [-0.4, -0.2) is 10.9 Å². The molecule has 3 aromatic rings. The van der Waals surface area contributed by atoms with Gasteiger partial charge >= 0.3 is 0 Å². The van der Waals surface area contributed by atoms with Gasteiger partial charge in [-0.2, -0.15) is 4.98 Å². The number of anilines is 1. The highest BCUT2D eigenvalue weighted by Gasteiger charge is 2.12. The van der Waals surface area contributed by atoms with Crippen molar-refractivity contribution in [3.63, 3.8) is 0 Å². The molecule has 1 N–H and O–H groups in total. The number of nitrogens with zero attached hydrogens (tertiary/aromatic N) is 1. The summed E-state index contributed by atoms with van der Waals surface area (Å²) < 4.78 is 5.76. The van der Waals surface area contributed by atoms with Gasteiger partial charge in [0.05, 0.1) is 5.39 Å². The Balaban J connectivity index is 2.20. The van der Waals surface area contributed by atoms with Gasteiger partial charge in [-0.05, 0) is 49.2 Å². The largest absolute Gasteiger partial charge is 0.437 e. The van der Waals surface area contributed by atoms with Gasteiger partial charge in [-0.1, -0.05) is 12.1 Å². The lowest BCUT2D eigenvalue weighted by molar-refractivity contribution is -0.114. The maximum atomic E-state index is 12.1. The first-order valence-corrected chi connectivity index (χ1v) is 7.25. The Bertz CT molecular complexity index is 974. The van der Waals surface area contributed by atoms with Gasteiger partial charge in [0, 0.05) is 18.2 Å². The number of amides is 1. The molecule has 0 atom stereocenters. The summed E-state index contributed by atoms with van der Waals surface area (Å²) in [7, 11) is 0. The summed E-state index contributed by atoms with van der Waals surface area (Å²) in [5.41, 5.74) is 3.43. The number of benzene rings is 2. The summed E-state index contributed by atoms with van der Waals surface area (Å²) in [5, 5.41) is 3.24. The number of aryl methyl sites for hydroxylation is 1. The highest BCUT2D eigenvalue weighted by atomic mass is 16.3. The number of hydrogen-bond donors (Lipinski definition) is 1. The van der Waals surface area contributed by atoms with E-state index in [0.29, 0.717) is 22.2 Å². The Morgan fingerprint density at radius 1 is 1.17 bits per heavy atom. The average molecular weight is 308 g/mol. The summed E-state index contributed by atoms with van der Waals surface area (Å²) in [6.07, 6.45) is 0. The molecule has 5 heteroatoms. The van der Waals surface area contributed by atoms with Crippen molar-refractivity contribution < 1.29 is 9.21 Å². The van der Waals surface area contributed by atoms with Gasteiger partial charge in [0.1, 0.15) is 5.58 Å². The Morgan fingerprint density at radius 2 is 1.91 bits per heavy atom. The van der Waals surface area contributed by atoms with Crippen molar-refractivity contribution >= 4 is 22.6 Å². The summed E-state index contributed by atoms with van der Waals surface area (Å²) in [6.45, 7) is 5.31. The zero-order valence-electron chi connectivity index (χ0n) is 13.1. The van der Waals surface area contributed by atoms with Crippen LogP contribution in [-0.2, 0) is 4.79 Å². The number of carbonyl (C=O) groups excluding carboxylic acids is 1. The molecule has 2 aromatic carbocycles. The third kappa shape index (κ3) is 2.85. The molecule has 116 valence electrons. The predicted molar refractivity (Wildman–Crippen MR) is 89.5 cm³/mol. The van der Waals surface area contributed by atoms with Crippen molar-refractivity contribution in [2.75, 3.05) is 5.32 Å². The number of hydrogen-bond acceptors (Lipinski definition) is 4. The number of rotatable bonds is 2. The number of nitrogens with one attached hydrogen (secondary N) is 1. The van der Waals surface area contributed by atoms with Crippen LogP contribution in [0.3, 0.4) is 0 Å². The van der Waals surface area contributed by atoms with E-state index in [4.69, 9.17) is 4.42 Å². The maximum Gasteiger partial charge on any atom is 0.284 e. The fourth-order valence-corrected chi connectivity index (χ4v) is 2.44. The van der Waals surface area contributed by atoms with Crippen LogP contribution in [0.4, 0.5) is 5.69 Å². The third-order valence-corrected chi connectivity index (χ3v) is 3.75. The number of fused-ring (bicyclic) bond motifs is 1. The van der Waals surface area contributed by atoms with E-state index in [9.17, 15) is 9.59 Å². The first kappa shape index (κ1) is 15.0. The molecule has 23 heavy (non-hydrogen) atoms. The van der Waals surface area contributed by atoms with Gasteiger partial charge in [-0.15, -0.1) is 0 Å². The van der Waals surface area contributed by atoms with E-state index in [-0.39, 0.29) is 17.4 Å². The number of aromatic nitrogens is 1. The van der Waals surface area contributed by atoms with Gasteiger partial charge in [0.25, 0.3) is 5.56 Å². The van der Waals surface area contributed by atoms with Crippen molar-refractivity contribution in [2.45, 2.75) is 20.8 Å². The first-order valence-electron chi connectivity index (χ1n) is 7.25. The molecule has 0 bridgehead atoms. The molecule has 1 aromatic heterocycles. The van der Waals surface area contributed by atoms with E-state index in [1.165, 1.54) is 6.92 Å². The van der Waals surface area contributed by atoms with Crippen LogP contribution in [0.2, 0.25) is 0 Å². The Labute approximate surface area is 133 Å². The number of para-hydroxylation sites is 1. The second-order valence-corrected chi connectivity index (χ2v) is 5.47. The van der Waals surface area contributed by atoms with Gasteiger partial charge in [-0.3, -0.25) is 9.59 Å². The summed E-state index contributed by atoms with van der Waals surface area (Å²) in [5.74, 6) is 0.0842. The van der Waals surface area contributed by atoms with Gasteiger partial charge in [-0.25, -0.2) is 0 Å². The molecule has 1 heterocycles. The molecule has 5 nitrogen and oxygen atoms in total. The lowest BCUT2D eigenvalue weighted by Gasteiger charge is -2.12. The minimum Gasteiger partial charge on any atom is -0.437 e. The average Bonchev–Trinajstić information content (AvgIpc) is 2.51. The van der Waals surface area contributed by atoms with Crippen LogP contribution in [0.25, 0.3) is 22.4 Å². The predicted octanol–water partition coefficient (Wildman–Crippen LogP) is 3.43. The fourth-order valence-electron chi connectivity index (χ4n) is 2.44. The second kappa shape index (κ2) is 5.68. The van der Waals surface area contributed by atoms with Crippen molar-refractivity contribution in [1.82, 2.24) is 4.98 Å². The molecule has 0 radical (unpaired) electrons. The quantitative estimate of drug-likeness (QED) is 0.787. The molecule has 0 aliphatic carbocycles. The van der Waals surface area contributed by atoms with Crippen LogP contribution in [0.5, 0.6) is 0 Å². The molecular weight excluding hydrogens is 292 g/mol. The molecule has 0 saturated heterocycles. The second-order valence-electron chi connectivity index (χ2n) is 5.47. The highest BCUT2D eigenvalue weighted by Crippen LogP contribution is 2.28. The van der Waals surface area contributed by atoms with E-state index < -0.39 is 0 Å². The van der Waals surface area contributed by atoms with E-state index in [1.807, 2.05) is 19.9 Å². The zero-order valence-corrected chi connectivity index (χ0v) is 13.1. The standard InChI is InChI=1S/C18H16N2O3/c1-10-8-13(9-15(11(10)2)19-12(3)21)18-20-17(22)14-6-4-5-7-16(14)23-18/h4-9H,1-3H3,(H,19,21). The highest BCUT2D eigenvalue weighted by molar-refractivity contribution is 5.90. The number of carbonyl (C=O) groups is 1. The van der Waals surface area contributed by atoms with E-state index in [0.717, 1.165) is 11.1 Å². The normalized spacial score (nSPS) is 10.7. The van der Waals surface area contributed by atoms with Crippen LogP contribution in [0.15, 0.2) is 45.6 Å². The van der Waals surface area contributed by atoms with Crippen LogP contribution >= 0.6 is 0 Å².